The van der Waals surface area contributed by atoms with Gasteiger partial charge in [-0.2, -0.15) is 0 Å². The molecule has 156 valence electrons. The number of benzene rings is 1. The number of aryl methyl sites for hydroxylation is 1. The Morgan fingerprint density at radius 3 is 2.83 bits per heavy atom. The first-order valence-corrected chi connectivity index (χ1v) is 12.3. The lowest BCUT2D eigenvalue weighted by Gasteiger charge is -2.21. The molecule has 0 N–H and O–H groups in total. The van der Waals surface area contributed by atoms with Gasteiger partial charge in [0.15, 0.2) is 11.0 Å². The molecule has 1 unspecified atom stereocenters. The summed E-state index contributed by atoms with van der Waals surface area (Å²) in [6, 6.07) is 11.1. The summed E-state index contributed by atoms with van der Waals surface area (Å²) in [7, 11) is 2.04. The van der Waals surface area contributed by atoms with Crippen molar-refractivity contribution in [1.82, 2.24) is 24.6 Å². The van der Waals surface area contributed by atoms with Gasteiger partial charge in [-0.3, -0.25) is 4.98 Å². The van der Waals surface area contributed by atoms with Crippen LogP contribution in [0.5, 0.6) is 0 Å². The average molecular weight is 484 g/mol. The van der Waals surface area contributed by atoms with Gasteiger partial charge in [-0.15, -0.1) is 10.2 Å². The fourth-order valence-electron chi connectivity index (χ4n) is 4.81. The number of fused-ring (bicyclic) bond motifs is 1. The predicted molar refractivity (Wildman–Crippen MR) is 125 cm³/mol. The van der Waals surface area contributed by atoms with Crippen molar-refractivity contribution in [3.8, 4) is 11.4 Å². The van der Waals surface area contributed by atoms with E-state index >= 15 is 0 Å². The van der Waals surface area contributed by atoms with Crippen LogP contribution in [0.1, 0.15) is 24.0 Å². The minimum Gasteiger partial charge on any atom is -0.305 e. The molecule has 2 aliphatic rings. The highest BCUT2D eigenvalue weighted by molar-refractivity contribution is 9.10. The maximum Gasteiger partial charge on any atom is 0.191 e. The van der Waals surface area contributed by atoms with Crippen LogP contribution in [0.15, 0.2) is 52.4 Å². The van der Waals surface area contributed by atoms with Crippen LogP contribution in [0.3, 0.4) is 0 Å². The maximum absolute atomic E-state index is 4.40. The Labute approximate surface area is 190 Å². The molecule has 2 atom stereocenters. The second-order valence-corrected chi connectivity index (χ2v) is 10.6. The summed E-state index contributed by atoms with van der Waals surface area (Å²) >= 11 is 5.35. The number of hydrogen-bond donors (Lipinski definition) is 0. The van der Waals surface area contributed by atoms with Crippen LogP contribution in [0.2, 0.25) is 0 Å². The molecule has 1 saturated carbocycles. The van der Waals surface area contributed by atoms with E-state index in [1.54, 1.807) is 11.8 Å². The highest BCUT2D eigenvalue weighted by atomic mass is 79.9. The number of piperidine rings is 1. The lowest BCUT2D eigenvalue weighted by atomic mass is 9.95. The molecule has 0 radical (unpaired) electrons. The van der Waals surface area contributed by atoms with Gasteiger partial charge in [0.25, 0.3) is 0 Å². The number of thioether (sulfide) groups is 1. The van der Waals surface area contributed by atoms with E-state index in [9.17, 15) is 0 Å². The number of rotatable bonds is 7. The van der Waals surface area contributed by atoms with Crippen molar-refractivity contribution in [1.29, 1.82) is 0 Å². The normalized spacial score (nSPS) is 23.0. The number of nitrogens with zero attached hydrogens (tertiary/aromatic N) is 5. The maximum atomic E-state index is 4.40. The zero-order valence-corrected chi connectivity index (χ0v) is 19.8. The van der Waals surface area contributed by atoms with E-state index < -0.39 is 0 Å². The first-order chi connectivity index (χ1) is 14.5. The molecule has 7 heteroatoms. The third-order valence-corrected chi connectivity index (χ3v) is 8.09. The molecule has 2 aromatic heterocycles. The Hall–Kier alpha value is -1.70. The van der Waals surface area contributed by atoms with E-state index in [1.807, 2.05) is 26.4 Å². The Bertz CT molecular complexity index is 1050. The largest absolute Gasteiger partial charge is 0.305 e. The van der Waals surface area contributed by atoms with Crippen LogP contribution >= 0.6 is 27.7 Å². The summed E-state index contributed by atoms with van der Waals surface area (Å²) in [4.78, 5) is 6.93. The standard InChI is InChI=1S/C23H26BrN5S/c1-16-10-17(13-25-12-16)21-26-27-22(28(21)2)30-9-3-8-29-14-19-11-23(19,15-29)18-4-6-20(24)7-5-18/h4-7,10,12-13,19H,3,8-9,11,14-15H2,1-2H3/t19-,23?/m0/s1. The molecule has 1 aliphatic heterocycles. The second kappa shape index (κ2) is 8.09. The van der Waals surface area contributed by atoms with Gasteiger partial charge in [0.2, 0.25) is 0 Å². The predicted octanol–water partition coefficient (Wildman–Crippen LogP) is 4.70. The molecule has 0 bridgehead atoms. The molecule has 1 aromatic carbocycles. The van der Waals surface area contributed by atoms with Crippen LogP contribution in [0.25, 0.3) is 11.4 Å². The van der Waals surface area contributed by atoms with E-state index in [4.69, 9.17) is 0 Å². The molecule has 1 saturated heterocycles. The average Bonchev–Trinajstić information content (AvgIpc) is 3.11. The summed E-state index contributed by atoms with van der Waals surface area (Å²) in [6.45, 7) is 5.66. The molecule has 0 amide bonds. The highest BCUT2D eigenvalue weighted by Crippen LogP contribution is 2.59. The second-order valence-electron chi connectivity index (χ2n) is 8.62. The summed E-state index contributed by atoms with van der Waals surface area (Å²) < 4.78 is 3.24. The molecule has 5 nitrogen and oxygen atoms in total. The van der Waals surface area contributed by atoms with Gasteiger partial charge < -0.3 is 9.47 Å². The Balaban J connectivity index is 1.13. The van der Waals surface area contributed by atoms with Crippen LogP contribution in [-0.2, 0) is 12.5 Å². The first-order valence-electron chi connectivity index (χ1n) is 10.5. The molecule has 3 aromatic rings. The van der Waals surface area contributed by atoms with Crippen LogP contribution in [-0.4, -0.2) is 50.0 Å². The number of hydrogen-bond acceptors (Lipinski definition) is 5. The number of pyridine rings is 1. The van der Waals surface area contributed by atoms with Crippen molar-refractivity contribution in [2.75, 3.05) is 25.4 Å². The lowest BCUT2D eigenvalue weighted by Crippen LogP contribution is -2.27. The monoisotopic (exact) mass is 483 g/mol. The molecular weight excluding hydrogens is 458 g/mol. The van der Waals surface area contributed by atoms with Gasteiger partial charge >= 0.3 is 0 Å². The van der Waals surface area contributed by atoms with Crippen LogP contribution in [0, 0.1) is 12.8 Å². The van der Waals surface area contributed by atoms with Gasteiger partial charge in [0.1, 0.15) is 0 Å². The first kappa shape index (κ1) is 20.2. The number of likely N-dealkylation sites (tertiary alicyclic amines) is 1. The minimum absolute atomic E-state index is 0.425. The van der Waals surface area contributed by atoms with Gasteiger partial charge in [-0.25, -0.2) is 0 Å². The Kier molecular flexibility index (Phi) is 5.45. The van der Waals surface area contributed by atoms with Crippen LogP contribution in [0.4, 0.5) is 0 Å². The number of aromatic nitrogens is 4. The number of halogens is 1. The molecule has 1 aliphatic carbocycles. The van der Waals surface area contributed by atoms with Gasteiger partial charge in [0, 0.05) is 53.7 Å². The van der Waals surface area contributed by atoms with Crippen molar-refractivity contribution in [2.45, 2.75) is 30.3 Å². The Morgan fingerprint density at radius 1 is 1.20 bits per heavy atom. The summed E-state index contributed by atoms with van der Waals surface area (Å²) in [5, 5.41) is 9.76. The molecule has 5 rings (SSSR count). The van der Waals surface area contributed by atoms with E-state index in [1.165, 1.54) is 31.5 Å². The SMILES string of the molecule is Cc1cncc(-c2nnc(SCCCN3C[C@@H]4CC4(c4ccc(Br)cc4)C3)n2C)c1. The fraction of sp³-hybridized carbons (Fsp3) is 0.435. The zero-order valence-electron chi connectivity index (χ0n) is 17.4. The van der Waals surface area contributed by atoms with E-state index in [0.29, 0.717) is 5.41 Å². The third-order valence-electron chi connectivity index (χ3n) is 6.45. The van der Waals surface area contributed by atoms with Crippen molar-refractivity contribution in [3.63, 3.8) is 0 Å². The smallest absolute Gasteiger partial charge is 0.191 e. The van der Waals surface area contributed by atoms with Gasteiger partial charge in [-0.1, -0.05) is 39.8 Å². The van der Waals surface area contributed by atoms with Gasteiger partial charge in [0.05, 0.1) is 0 Å². The summed E-state index contributed by atoms with van der Waals surface area (Å²) in [5.41, 5.74) is 4.10. The van der Waals surface area contributed by atoms with E-state index in [-0.39, 0.29) is 0 Å². The third kappa shape index (κ3) is 3.83. The van der Waals surface area contributed by atoms with Crippen molar-refractivity contribution in [2.24, 2.45) is 13.0 Å². The molecule has 30 heavy (non-hydrogen) atoms. The lowest BCUT2D eigenvalue weighted by molar-refractivity contribution is 0.299. The van der Waals surface area contributed by atoms with Crippen molar-refractivity contribution >= 4 is 27.7 Å². The van der Waals surface area contributed by atoms with E-state index in [2.05, 4.69) is 70.9 Å². The van der Waals surface area contributed by atoms with E-state index in [0.717, 1.165) is 44.8 Å². The van der Waals surface area contributed by atoms with Crippen LogP contribution < -0.4 is 0 Å². The summed E-state index contributed by atoms with van der Waals surface area (Å²) in [5.74, 6) is 2.78. The topological polar surface area (TPSA) is 46.8 Å². The molecular formula is C23H26BrN5S. The molecule has 2 fully saturated rings. The zero-order chi connectivity index (χ0) is 20.7. The summed E-state index contributed by atoms with van der Waals surface area (Å²) in [6.07, 6.45) is 6.24. The minimum atomic E-state index is 0.425. The molecule has 3 heterocycles. The van der Waals surface area contributed by atoms with Crippen molar-refractivity contribution < 1.29 is 0 Å². The van der Waals surface area contributed by atoms with Crippen molar-refractivity contribution in [3.05, 3.63) is 58.3 Å². The highest BCUT2D eigenvalue weighted by Gasteiger charge is 2.60. The Morgan fingerprint density at radius 2 is 2.03 bits per heavy atom. The fourth-order valence-corrected chi connectivity index (χ4v) is 5.91. The van der Waals surface area contributed by atoms with Gasteiger partial charge in [-0.05, 0) is 61.6 Å². The quantitative estimate of drug-likeness (QED) is 0.359. The molecule has 0 spiro atoms.